The lowest BCUT2D eigenvalue weighted by Gasteiger charge is -2.33. The highest BCUT2D eigenvalue weighted by atomic mass is 15.0. The van der Waals surface area contributed by atoms with Gasteiger partial charge in [-0.05, 0) is 88.9 Å². The van der Waals surface area contributed by atoms with Crippen molar-refractivity contribution in [3.05, 3.63) is 144 Å². The fourth-order valence-electron chi connectivity index (χ4n) is 11.7. The summed E-state index contributed by atoms with van der Waals surface area (Å²) in [6.07, 6.45) is 27.8. The average molecular weight is 859 g/mol. The largest absolute Gasteiger partial charge is 0.340 e. The van der Waals surface area contributed by atoms with Crippen molar-refractivity contribution >= 4 is 55.8 Å². The van der Waals surface area contributed by atoms with E-state index < -0.39 is 0 Å². The third-order valence-electron chi connectivity index (χ3n) is 15.2. The van der Waals surface area contributed by atoms with Crippen LogP contribution in [0.25, 0.3) is 78.0 Å². The normalized spacial score (nSPS) is 13.3. The molecule has 0 aliphatic heterocycles. The molecule has 336 valence electrons. The Hall–Kier alpha value is -5.34. The monoisotopic (exact) mass is 859 g/mol. The molecule has 0 saturated heterocycles. The van der Waals surface area contributed by atoms with Gasteiger partial charge in [-0.15, -0.1) is 0 Å². The first kappa shape index (κ1) is 44.8. The molecule has 2 heteroatoms. The fourth-order valence-corrected chi connectivity index (χ4v) is 11.7. The molecular weight excluding hydrogens is 785 g/mol. The van der Waals surface area contributed by atoms with Crippen LogP contribution in [0.5, 0.6) is 0 Å². The number of rotatable bonds is 23. The second-order valence-electron chi connectivity index (χ2n) is 19.5. The lowest BCUT2D eigenvalue weighted by atomic mass is 9.70. The molecule has 65 heavy (non-hydrogen) atoms. The van der Waals surface area contributed by atoms with Gasteiger partial charge < -0.3 is 9.13 Å². The molecule has 6 aromatic carbocycles. The molecule has 0 N–H and O–H groups in total. The Morgan fingerprint density at radius 1 is 0.415 bits per heavy atom. The summed E-state index contributed by atoms with van der Waals surface area (Å²) in [5.74, 6) is 0. The highest BCUT2D eigenvalue weighted by molar-refractivity contribution is 6.23. The van der Waals surface area contributed by atoms with Crippen molar-refractivity contribution in [1.82, 2.24) is 9.13 Å². The van der Waals surface area contributed by atoms with Gasteiger partial charge in [0.2, 0.25) is 0 Å². The van der Waals surface area contributed by atoms with E-state index in [4.69, 9.17) is 0 Å². The first-order valence-corrected chi connectivity index (χ1v) is 26.1. The molecule has 0 unspecified atom stereocenters. The predicted molar refractivity (Wildman–Crippen MR) is 285 cm³/mol. The summed E-state index contributed by atoms with van der Waals surface area (Å²) in [6, 6.07) is 47.0. The first-order valence-electron chi connectivity index (χ1n) is 26.1. The highest BCUT2D eigenvalue weighted by Crippen LogP contribution is 2.55. The fraction of sp³-hybridized carbons (Fsp3) is 0.397. The Morgan fingerprint density at radius 3 is 1.66 bits per heavy atom. The number of benzene rings is 6. The van der Waals surface area contributed by atoms with E-state index in [2.05, 4.69) is 170 Å². The van der Waals surface area contributed by atoms with Crippen LogP contribution >= 0.6 is 0 Å². The summed E-state index contributed by atoms with van der Waals surface area (Å²) in [4.78, 5) is 0. The minimum absolute atomic E-state index is 0.0955. The minimum Gasteiger partial charge on any atom is -0.340 e. The van der Waals surface area contributed by atoms with Gasteiger partial charge in [0.25, 0.3) is 0 Å². The molecule has 0 fully saturated rings. The highest BCUT2D eigenvalue weighted by Gasteiger charge is 2.42. The van der Waals surface area contributed by atoms with Crippen molar-refractivity contribution in [2.24, 2.45) is 0 Å². The van der Waals surface area contributed by atoms with Crippen LogP contribution in [0.1, 0.15) is 166 Å². The maximum atomic E-state index is 2.68. The molecular formula is C63H74N2. The molecule has 0 bridgehead atoms. The van der Waals surface area contributed by atoms with Gasteiger partial charge in [-0.25, -0.2) is 0 Å². The van der Waals surface area contributed by atoms with Crippen molar-refractivity contribution in [2.45, 2.75) is 162 Å². The van der Waals surface area contributed by atoms with Crippen LogP contribution in [0.15, 0.2) is 121 Å². The zero-order chi connectivity index (χ0) is 44.6. The Kier molecular flexibility index (Phi) is 14.4. The number of nitrogens with zero attached hydrogens (tertiary/aromatic N) is 2. The Bertz CT molecular complexity index is 2860. The molecule has 2 nitrogen and oxygen atoms in total. The lowest BCUT2D eigenvalue weighted by Crippen LogP contribution is -2.25. The molecule has 2 aromatic heterocycles. The number of hydrogen-bond donors (Lipinski definition) is 0. The SMILES string of the molecule is CCCCCCCCn1c2ccccc2c2c(/C=C/c3ccc(-c4ccc5c(c4)C(CCCC)(CCCC)c4ccccc4-5)cc3)c3c(cc21)c1ccccc1n3CCCCCCCC. The summed E-state index contributed by atoms with van der Waals surface area (Å²) in [5.41, 5.74) is 16.8. The number of para-hydroxylation sites is 2. The number of hydrogen-bond acceptors (Lipinski definition) is 0. The maximum absolute atomic E-state index is 2.68. The Morgan fingerprint density at radius 2 is 0.969 bits per heavy atom. The second-order valence-corrected chi connectivity index (χ2v) is 19.5. The van der Waals surface area contributed by atoms with Gasteiger partial charge in [-0.2, -0.15) is 0 Å². The van der Waals surface area contributed by atoms with E-state index in [9.17, 15) is 0 Å². The van der Waals surface area contributed by atoms with Crippen LogP contribution in [0.3, 0.4) is 0 Å². The standard InChI is InChI=1S/C63H74N2/c1-5-9-13-15-17-25-43-64-59-32-24-21-29-53(59)61-54(62-55(46-60(61)64)52-28-20-23-31-58(52)65(62)44-26-18-16-14-10-6-2)39-35-47-33-36-48(37-34-47)49-38-40-51-50-27-19-22-30-56(50)63(41-11-7-3,42-12-8-4)57(51)45-49/h19-24,27-40,45-46H,5-18,25-26,41-44H2,1-4H3/b39-35+. The van der Waals surface area contributed by atoms with Gasteiger partial charge in [-0.3, -0.25) is 0 Å². The van der Waals surface area contributed by atoms with Crippen LogP contribution in [0.4, 0.5) is 0 Å². The van der Waals surface area contributed by atoms with E-state index in [0.717, 1.165) is 13.1 Å². The molecule has 0 spiro atoms. The first-order chi connectivity index (χ1) is 32.1. The topological polar surface area (TPSA) is 9.86 Å². The van der Waals surface area contributed by atoms with Gasteiger partial charge in [0, 0.05) is 56.6 Å². The van der Waals surface area contributed by atoms with Crippen LogP contribution < -0.4 is 0 Å². The van der Waals surface area contributed by atoms with E-state index in [1.54, 1.807) is 11.1 Å². The van der Waals surface area contributed by atoms with Crippen molar-refractivity contribution in [2.75, 3.05) is 0 Å². The van der Waals surface area contributed by atoms with Gasteiger partial charge >= 0.3 is 0 Å². The van der Waals surface area contributed by atoms with Crippen LogP contribution in [-0.4, -0.2) is 9.13 Å². The third-order valence-corrected chi connectivity index (χ3v) is 15.2. The van der Waals surface area contributed by atoms with Gasteiger partial charge in [-0.1, -0.05) is 227 Å². The number of unbranched alkanes of at least 4 members (excludes halogenated alkanes) is 12. The van der Waals surface area contributed by atoms with Crippen molar-refractivity contribution in [3.8, 4) is 22.3 Å². The Balaban J connectivity index is 1.12. The smallest absolute Gasteiger partial charge is 0.0572 e. The van der Waals surface area contributed by atoms with E-state index in [1.165, 1.54) is 193 Å². The van der Waals surface area contributed by atoms with Crippen LogP contribution in [-0.2, 0) is 18.5 Å². The third kappa shape index (κ3) is 8.88. The maximum Gasteiger partial charge on any atom is 0.0572 e. The summed E-state index contributed by atoms with van der Waals surface area (Å²) in [7, 11) is 0. The zero-order valence-electron chi connectivity index (χ0n) is 40.2. The van der Waals surface area contributed by atoms with E-state index in [0.29, 0.717) is 0 Å². The second kappa shape index (κ2) is 20.9. The number of aromatic nitrogens is 2. The molecule has 0 radical (unpaired) electrons. The summed E-state index contributed by atoms with van der Waals surface area (Å²) in [5, 5.41) is 5.52. The zero-order valence-corrected chi connectivity index (χ0v) is 40.2. The van der Waals surface area contributed by atoms with Crippen molar-refractivity contribution < 1.29 is 0 Å². The van der Waals surface area contributed by atoms with Crippen LogP contribution in [0.2, 0.25) is 0 Å². The van der Waals surface area contributed by atoms with E-state index in [1.807, 2.05) is 0 Å². The van der Waals surface area contributed by atoms with Crippen molar-refractivity contribution in [3.63, 3.8) is 0 Å². The number of fused-ring (bicyclic) bond motifs is 9. The quantitative estimate of drug-likeness (QED) is 0.0448. The summed E-state index contributed by atoms with van der Waals surface area (Å²) >= 11 is 0. The molecule has 2 heterocycles. The van der Waals surface area contributed by atoms with Gasteiger partial charge in [0.1, 0.15) is 0 Å². The van der Waals surface area contributed by atoms with Crippen molar-refractivity contribution in [1.29, 1.82) is 0 Å². The van der Waals surface area contributed by atoms with Gasteiger partial charge in [0.05, 0.1) is 11.0 Å². The Labute approximate surface area is 390 Å². The van der Waals surface area contributed by atoms with E-state index >= 15 is 0 Å². The molecule has 1 aliphatic carbocycles. The van der Waals surface area contributed by atoms with E-state index in [-0.39, 0.29) is 5.41 Å². The number of aryl methyl sites for hydroxylation is 2. The lowest BCUT2D eigenvalue weighted by molar-refractivity contribution is 0.414. The van der Waals surface area contributed by atoms with Crippen LogP contribution in [0, 0.1) is 0 Å². The molecule has 0 amide bonds. The predicted octanol–water partition coefficient (Wildman–Crippen LogP) is 19.1. The van der Waals surface area contributed by atoms with Gasteiger partial charge in [0.15, 0.2) is 0 Å². The molecule has 0 atom stereocenters. The average Bonchev–Trinajstić information content (AvgIpc) is 3.94. The molecule has 1 aliphatic rings. The molecule has 9 rings (SSSR count). The molecule has 8 aromatic rings. The summed E-state index contributed by atoms with van der Waals surface area (Å²) < 4.78 is 5.34. The minimum atomic E-state index is 0.0955. The summed E-state index contributed by atoms with van der Waals surface area (Å²) in [6.45, 7) is 11.4. The molecule has 0 saturated carbocycles.